The molecule has 4 aliphatic rings. The summed E-state index contributed by atoms with van der Waals surface area (Å²) in [6.45, 7) is 16.6. The molecule has 6 bridgehead atoms. The van der Waals surface area contributed by atoms with Crippen molar-refractivity contribution in [2.24, 2.45) is 17.3 Å². The molecule has 1 unspecified atom stereocenters. The molecule has 0 spiro atoms. The van der Waals surface area contributed by atoms with Crippen LogP contribution in [-0.2, 0) is 52.8 Å². The molecular formula is C58H74F2N8O7. The Kier molecular flexibility index (Phi) is 16.3. The molecule has 402 valence electrons. The number of ether oxygens (including phenoxy) is 2. The van der Waals surface area contributed by atoms with E-state index in [1.807, 2.05) is 51.1 Å². The van der Waals surface area contributed by atoms with E-state index in [1.54, 1.807) is 39.1 Å². The van der Waals surface area contributed by atoms with Gasteiger partial charge < -0.3 is 29.2 Å². The smallest absolute Gasteiger partial charge is 0.324 e. The Morgan fingerprint density at radius 1 is 1.03 bits per heavy atom. The number of aryl methyl sites for hydroxylation is 1. The zero-order chi connectivity index (χ0) is 54.1. The van der Waals surface area contributed by atoms with E-state index in [2.05, 4.69) is 72.2 Å². The third-order valence-electron chi connectivity index (χ3n) is 15.6. The Balaban J connectivity index is 1.09. The number of carbonyl (C=O) groups excluding carboxylic acids is 5. The van der Waals surface area contributed by atoms with Crippen LogP contribution in [0, 0.1) is 29.1 Å². The molecule has 5 atom stereocenters. The lowest BCUT2D eigenvalue weighted by atomic mass is 9.84. The van der Waals surface area contributed by atoms with Gasteiger partial charge in [0.2, 0.25) is 11.8 Å². The Morgan fingerprint density at radius 3 is 2.49 bits per heavy atom. The van der Waals surface area contributed by atoms with Crippen LogP contribution in [-0.4, -0.2) is 142 Å². The fraction of sp³-hybridized carbons (Fsp3) is 0.552. The first-order valence-electron chi connectivity index (χ1n) is 26.5. The van der Waals surface area contributed by atoms with Crippen molar-refractivity contribution in [1.82, 2.24) is 40.0 Å². The molecule has 2 aromatic heterocycles. The predicted molar refractivity (Wildman–Crippen MR) is 283 cm³/mol. The number of benzene rings is 2. The van der Waals surface area contributed by atoms with E-state index in [4.69, 9.17) is 14.5 Å². The minimum absolute atomic E-state index is 0.0868. The van der Waals surface area contributed by atoms with Crippen molar-refractivity contribution < 1.29 is 42.2 Å². The molecule has 4 amide bonds. The number of methoxy groups -OCH3 is 1. The summed E-state index contributed by atoms with van der Waals surface area (Å²) in [4.78, 5) is 80.4. The molecule has 3 fully saturated rings. The van der Waals surface area contributed by atoms with Gasteiger partial charge in [0.15, 0.2) is 0 Å². The molecule has 15 nitrogen and oxygen atoms in total. The number of aromatic nitrogens is 2. The quantitative estimate of drug-likeness (QED) is 0.123. The molecule has 2 aromatic carbocycles. The van der Waals surface area contributed by atoms with Gasteiger partial charge in [0.05, 0.1) is 42.1 Å². The molecule has 8 rings (SSSR count). The maximum absolute atomic E-state index is 14.8. The zero-order valence-corrected chi connectivity index (χ0v) is 45.2. The highest BCUT2D eigenvalue weighted by Crippen LogP contribution is 2.42. The number of cyclic esters (lactones) is 1. The Labute approximate surface area is 440 Å². The van der Waals surface area contributed by atoms with E-state index >= 15 is 0 Å². The van der Waals surface area contributed by atoms with Gasteiger partial charge in [-0.05, 0) is 112 Å². The van der Waals surface area contributed by atoms with E-state index < -0.39 is 71.2 Å². The maximum Gasteiger partial charge on any atom is 0.324 e. The van der Waals surface area contributed by atoms with Gasteiger partial charge in [0.25, 0.3) is 17.7 Å². The molecule has 3 saturated heterocycles. The number of nitrogens with zero attached hydrogens (tertiary/aromatic N) is 6. The fourth-order valence-corrected chi connectivity index (χ4v) is 11.3. The van der Waals surface area contributed by atoms with E-state index in [-0.39, 0.29) is 63.6 Å². The Morgan fingerprint density at radius 2 is 1.79 bits per heavy atom. The zero-order valence-electron chi connectivity index (χ0n) is 45.2. The first-order valence-corrected chi connectivity index (χ1v) is 26.5. The summed E-state index contributed by atoms with van der Waals surface area (Å²) in [5, 5.41) is 5.52. The number of hydrogen-bond acceptors (Lipinski definition) is 10. The van der Waals surface area contributed by atoms with Gasteiger partial charge in [0, 0.05) is 87.8 Å². The van der Waals surface area contributed by atoms with Gasteiger partial charge in [0.1, 0.15) is 18.1 Å². The van der Waals surface area contributed by atoms with Crippen molar-refractivity contribution in [2.75, 3.05) is 53.5 Å². The number of likely N-dealkylation sites (tertiary alicyclic amines) is 2. The first kappa shape index (κ1) is 55.0. The summed E-state index contributed by atoms with van der Waals surface area (Å²) < 4.78 is 42.3. The van der Waals surface area contributed by atoms with Crippen molar-refractivity contribution in [2.45, 2.75) is 136 Å². The van der Waals surface area contributed by atoms with E-state index in [1.165, 1.54) is 14.8 Å². The molecule has 0 saturated carbocycles. The molecule has 6 heterocycles. The number of esters is 1. The minimum Gasteiger partial charge on any atom is -0.464 e. The maximum atomic E-state index is 14.8. The number of likely N-dealkylation sites (N-methyl/N-ethyl adjacent to an activating group) is 1. The number of halogens is 2. The summed E-state index contributed by atoms with van der Waals surface area (Å²) in [5.41, 5.74) is 9.30. The second-order valence-corrected chi connectivity index (χ2v) is 22.6. The number of rotatable bonds is 10. The van der Waals surface area contributed by atoms with Gasteiger partial charge in [-0.25, -0.2) is 14.2 Å². The van der Waals surface area contributed by atoms with Gasteiger partial charge in [-0.1, -0.05) is 63.9 Å². The summed E-state index contributed by atoms with van der Waals surface area (Å²) >= 11 is 0. The fourth-order valence-electron chi connectivity index (χ4n) is 11.3. The lowest BCUT2D eigenvalue weighted by Crippen LogP contribution is -2.62. The molecule has 17 heteroatoms. The highest BCUT2D eigenvalue weighted by Gasteiger charge is 2.44. The van der Waals surface area contributed by atoms with Gasteiger partial charge in [-0.15, -0.1) is 0 Å². The molecule has 75 heavy (non-hydrogen) atoms. The average molecular weight is 1030 g/mol. The predicted octanol–water partition coefficient (Wildman–Crippen LogP) is 7.20. The molecule has 2 N–H and O–H groups in total. The third-order valence-corrected chi connectivity index (χ3v) is 15.6. The number of amides is 4. The molecule has 4 aliphatic heterocycles. The largest absolute Gasteiger partial charge is 0.464 e. The number of nitrogens with one attached hydrogen (secondary N) is 2. The number of carbonyl (C=O) groups is 5. The van der Waals surface area contributed by atoms with E-state index in [9.17, 15) is 32.8 Å². The summed E-state index contributed by atoms with van der Waals surface area (Å²) in [5.74, 6) is -0.520. The van der Waals surface area contributed by atoms with Crippen LogP contribution < -0.4 is 10.7 Å². The lowest BCUT2D eigenvalue weighted by molar-refractivity contribution is -0.155. The number of alkyl halides is 2. The van der Waals surface area contributed by atoms with Crippen LogP contribution in [0.5, 0.6) is 0 Å². The first-order chi connectivity index (χ1) is 35.5. The monoisotopic (exact) mass is 1030 g/mol. The summed E-state index contributed by atoms with van der Waals surface area (Å²) in [6, 6.07) is 15.5. The van der Waals surface area contributed by atoms with Crippen molar-refractivity contribution in [3.05, 3.63) is 77.6 Å². The van der Waals surface area contributed by atoms with Crippen LogP contribution in [0.25, 0.3) is 33.3 Å². The van der Waals surface area contributed by atoms with Gasteiger partial charge >= 0.3 is 5.97 Å². The van der Waals surface area contributed by atoms with Crippen molar-refractivity contribution in [3.63, 3.8) is 0 Å². The minimum atomic E-state index is -2.80. The van der Waals surface area contributed by atoms with Crippen LogP contribution in [0.15, 0.2) is 60.8 Å². The highest BCUT2D eigenvalue weighted by molar-refractivity contribution is 5.97. The topological polar surface area (TPSA) is 159 Å². The van der Waals surface area contributed by atoms with Crippen LogP contribution in [0.4, 0.5) is 8.78 Å². The SMILES string of the molecule is CCn1c(-c2cccnc2[C@H](C)OC)c2c3cc(ccc31)-c1cccc(c1)C[C@H](NC(=O)C(C(C)C)N(C)C(=O)[C@H]1CCN(C(=O)C#CC(C)(C)N3CCC(F)(F)C3)C1)C(=O)N1CCC[C@H](N1)C(=O)OCC(C)(C)C2. The van der Waals surface area contributed by atoms with Crippen molar-refractivity contribution >= 4 is 40.5 Å². The average Bonchev–Trinajstić information content (AvgIpc) is 4.13. The third kappa shape index (κ3) is 11.9. The van der Waals surface area contributed by atoms with E-state index in [0.29, 0.717) is 32.2 Å². The summed E-state index contributed by atoms with van der Waals surface area (Å²) in [7, 11) is 3.25. The standard InChI is InChI=1S/C58H74F2N8O7/c1-11-67-47-20-19-40-31-43(47)44(51(67)42-17-13-25-61-49(42)37(4)74-10)32-56(5,6)35-75-55(73)45-18-14-26-68(63-45)54(72)46(30-38-15-12-16-39(40)29-38)62-52(70)50(36(2)3)64(9)53(71)41-22-27-65(33-41)48(69)21-23-57(7,8)66-28-24-58(59,60)34-66/h12-13,15-17,19-20,25,29,31,36-37,41,45-46,50,63H,11,14,18,22,24,26-28,30,32-35H2,1-10H3,(H,62,70)/t37-,41-,45-,46-,50?/m0/s1. The molecular weight excluding hydrogens is 959 g/mol. The van der Waals surface area contributed by atoms with Crippen molar-refractivity contribution in [3.8, 4) is 34.2 Å². The Bertz CT molecular complexity index is 2890. The second-order valence-electron chi connectivity index (χ2n) is 22.6. The summed E-state index contributed by atoms with van der Waals surface area (Å²) in [6.07, 6.45) is 3.23. The number of hydrazine groups is 1. The van der Waals surface area contributed by atoms with Crippen LogP contribution in [0.2, 0.25) is 0 Å². The van der Waals surface area contributed by atoms with Crippen LogP contribution >= 0.6 is 0 Å². The number of pyridine rings is 1. The second kappa shape index (κ2) is 22.2. The van der Waals surface area contributed by atoms with E-state index in [0.717, 1.165) is 50.1 Å². The number of fused-ring (bicyclic) bond motifs is 6. The molecule has 0 aliphatic carbocycles. The highest BCUT2D eigenvalue weighted by atomic mass is 19.3. The Hall–Kier alpha value is -6.22. The van der Waals surface area contributed by atoms with Crippen LogP contribution in [0.3, 0.4) is 0 Å². The molecule has 0 radical (unpaired) electrons. The van der Waals surface area contributed by atoms with Gasteiger partial charge in [-0.3, -0.25) is 38.9 Å². The van der Waals surface area contributed by atoms with Crippen molar-refractivity contribution in [1.29, 1.82) is 0 Å². The molecule has 4 aromatic rings. The normalized spacial score (nSPS) is 22.0. The lowest BCUT2D eigenvalue weighted by Gasteiger charge is -2.37. The number of hydrogen-bond donors (Lipinski definition) is 2. The van der Waals surface area contributed by atoms with Crippen LogP contribution in [0.1, 0.15) is 104 Å². The van der Waals surface area contributed by atoms with Gasteiger partial charge in [-0.2, -0.15) is 0 Å².